The fourth-order valence-corrected chi connectivity index (χ4v) is 3.42. The molecule has 1 N–H and O–H groups in total. The highest BCUT2D eigenvalue weighted by Crippen LogP contribution is 2.27. The third-order valence-electron chi connectivity index (χ3n) is 4.91. The molecular weight excluding hydrogens is 386 g/mol. The first-order valence-corrected chi connectivity index (χ1v) is 10.2. The van der Waals surface area contributed by atoms with E-state index in [2.05, 4.69) is 15.5 Å². The second-order valence-electron chi connectivity index (χ2n) is 7.01. The fraction of sp³-hybridized carbons (Fsp3) is 0.115. The van der Waals surface area contributed by atoms with E-state index in [0.717, 1.165) is 28.1 Å². The van der Waals surface area contributed by atoms with Crippen molar-refractivity contribution in [1.29, 1.82) is 0 Å². The van der Waals surface area contributed by atoms with Crippen LogP contribution >= 0.6 is 0 Å². The highest BCUT2D eigenvalue weighted by Gasteiger charge is 2.22. The number of aromatic nitrogens is 2. The van der Waals surface area contributed by atoms with Crippen LogP contribution < -0.4 is 10.1 Å². The molecule has 0 saturated heterocycles. The lowest BCUT2D eigenvalue weighted by molar-refractivity contribution is -0.116. The van der Waals surface area contributed by atoms with E-state index in [4.69, 9.17) is 4.74 Å². The van der Waals surface area contributed by atoms with Gasteiger partial charge in [0.05, 0.1) is 18.2 Å². The number of nitrogens with zero attached hydrogens (tertiary/aromatic N) is 2. The molecule has 0 aliphatic heterocycles. The highest BCUT2D eigenvalue weighted by molar-refractivity contribution is 5.98. The normalized spacial score (nSPS) is 10.6. The molecule has 1 heterocycles. The van der Waals surface area contributed by atoms with E-state index in [-0.39, 0.29) is 11.8 Å². The molecule has 5 heteroatoms. The molecular formula is C26H23N3O2. The second-order valence-corrected chi connectivity index (χ2v) is 7.01. The lowest BCUT2D eigenvalue weighted by Crippen LogP contribution is -2.22. The minimum Gasteiger partial charge on any atom is -0.477 e. The summed E-state index contributed by atoms with van der Waals surface area (Å²) in [4.78, 5) is 13.2. The van der Waals surface area contributed by atoms with Crippen LogP contribution in [0, 0.1) is 0 Å². The van der Waals surface area contributed by atoms with Crippen molar-refractivity contribution in [3.8, 4) is 17.1 Å². The zero-order valence-electron chi connectivity index (χ0n) is 17.2. The third kappa shape index (κ3) is 4.95. The first-order chi connectivity index (χ1) is 15.2. The fourth-order valence-electron chi connectivity index (χ4n) is 3.42. The van der Waals surface area contributed by atoms with Crippen molar-refractivity contribution in [2.75, 3.05) is 11.9 Å². The molecule has 31 heavy (non-hydrogen) atoms. The Morgan fingerprint density at radius 3 is 1.94 bits per heavy atom. The molecule has 0 bridgehead atoms. The van der Waals surface area contributed by atoms with Gasteiger partial charge < -0.3 is 10.1 Å². The summed E-state index contributed by atoms with van der Waals surface area (Å²) in [6.07, 6.45) is 0. The number of ether oxygens (including phenoxy) is 1. The van der Waals surface area contributed by atoms with Gasteiger partial charge in [-0.15, -0.1) is 10.2 Å². The monoisotopic (exact) mass is 409 g/mol. The van der Waals surface area contributed by atoms with Crippen molar-refractivity contribution in [1.82, 2.24) is 10.2 Å². The van der Waals surface area contributed by atoms with Gasteiger partial charge in [-0.25, -0.2) is 0 Å². The van der Waals surface area contributed by atoms with Gasteiger partial charge in [0.1, 0.15) is 0 Å². The van der Waals surface area contributed by atoms with Gasteiger partial charge >= 0.3 is 0 Å². The number of carbonyl (C=O) groups excluding carboxylic acids is 1. The largest absolute Gasteiger partial charge is 0.477 e. The number of rotatable bonds is 7. The molecule has 0 spiro atoms. The maximum Gasteiger partial charge on any atom is 0.236 e. The van der Waals surface area contributed by atoms with Crippen LogP contribution in [0.15, 0.2) is 97.1 Å². The van der Waals surface area contributed by atoms with E-state index in [1.807, 2.05) is 97.9 Å². The van der Waals surface area contributed by atoms with Gasteiger partial charge in [-0.05, 0) is 36.2 Å². The molecule has 5 nitrogen and oxygen atoms in total. The maximum absolute atomic E-state index is 13.2. The van der Waals surface area contributed by atoms with Gasteiger partial charge in [0, 0.05) is 17.3 Å². The van der Waals surface area contributed by atoms with Crippen molar-refractivity contribution < 1.29 is 9.53 Å². The zero-order valence-corrected chi connectivity index (χ0v) is 17.2. The van der Waals surface area contributed by atoms with E-state index in [9.17, 15) is 4.79 Å². The molecule has 154 valence electrons. The molecule has 4 rings (SSSR count). The average Bonchev–Trinajstić information content (AvgIpc) is 2.82. The molecule has 0 fully saturated rings. The maximum atomic E-state index is 13.2. The van der Waals surface area contributed by atoms with Crippen LogP contribution in [0.2, 0.25) is 0 Å². The molecule has 0 atom stereocenters. The first-order valence-electron chi connectivity index (χ1n) is 10.2. The standard InChI is InChI=1S/C26H23N3O2/c1-2-31-24-18-17-23(28-29-24)19-13-15-22(16-14-19)27-26(30)25(20-9-5-3-6-10-20)21-11-7-4-8-12-21/h3-18,25H,2H2,1H3,(H,27,30). The van der Waals surface area contributed by atoms with Gasteiger partial charge in [0.25, 0.3) is 0 Å². The van der Waals surface area contributed by atoms with Crippen molar-refractivity contribution in [3.05, 3.63) is 108 Å². The minimum absolute atomic E-state index is 0.0778. The number of carbonyl (C=O) groups is 1. The van der Waals surface area contributed by atoms with Gasteiger partial charge in [0.15, 0.2) is 0 Å². The number of hydrogen-bond donors (Lipinski definition) is 1. The molecule has 0 unspecified atom stereocenters. The minimum atomic E-state index is -0.390. The highest BCUT2D eigenvalue weighted by atomic mass is 16.5. The Labute approximate surface area is 181 Å². The molecule has 1 aromatic heterocycles. The molecule has 0 aliphatic rings. The van der Waals surface area contributed by atoms with Crippen LogP contribution in [0.3, 0.4) is 0 Å². The summed E-state index contributed by atoms with van der Waals surface area (Å²) in [7, 11) is 0. The van der Waals surface area contributed by atoms with E-state index < -0.39 is 0 Å². The third-order valence-corrected chi connectivity index (χ3v) is 4.91. The smallest absolute Gasteiger partial charge is 0.236 e. The van der Waals surface area contributed by atoms with Crippen LogP contribution in [0.4, 0.5) is 5.69 Å². The van der Waals surface area contributed by atoms with Gasteiger partial charge in [-0.3, -0.25) is 4.79 Å². The predicted octanol–water partition coefficient (Wildman–Crippen LogP) is 5.31. The Morgan fingerprint density at radius 2 is 1.42 bits per heavy atom. The van der Waals surface area contributed by atoms with Crippen molar-refractivity contribution >= 4 is 11.6 Å². The summed E-state index contributed by atoms with van der Waals surface area (Å²) >= 11 is 0. The number of anilines is 1. The lowest BCUT2D eigenvalue weighted by atomic mass is 9.90. The van der Waals surface area contributed by atoms with E-state index >= 15 is 0 Å². The lowest BCUT2D eigenvalue weighted by Gasteiger charge is -2.18. The first kappa shape index (κ1) is 20.3. The molecule has 1 amide bonds. The summed E-state index contributed by atoms with van der Waals surface area (Å²) in [5, 5.41) is 11.3. The van der Waals surface area contributed by atoms with E-state index in [1.54, 1.807) is 6.07 Å². The van der Waals surface area contributed by atoms with Crippen molar-refractivity contribution in [2.24, 2.45) is 0 Å². The van der Waals surface area contributed by atoms with Crippen LogP contribution in [0.5, 0.6) is 5.88 Å². The topological polar surface area (TPSA) is 64.1 Å². The summed E-state index contributed by atoms with van der Waals surface area (Å²) in [6.45, 7) is 2.46. The Balaban J connectivity index is 1.53. The van der Waals surface area contributed by atoms with Crippen molar-refractivity contribution in [3.63, 3.8) is 0 Å². The SMILES string of the molecule is CCOc1ccc(-c2ccc(NC(=O)C(c3ccccc3)c3ccccc3)cc2)nn1. The Hall–Kier alpha value is -3.99. The summed E-state index contributed by atoms with van der Waals surface area (Å²) in [5.74, 6) is 0.0352. The Morgan fingerprint density at radius 1 is 0.806 bits per heavy atom. The van der Waals surface area contributed by atoms with Crippen LogP contribution in [-0.4, -0.2) is 22.7 Å². The number of amides is 1. The van der Waals surface area contributed by atoms with Crippen molar-refractivity contribution in [2.45, 2.75) is 12.8 Å². The quantitative estimate of drug-likeness (QED) is 0.449. The Bertz CT molecular complexity index is 1070. The number of nitrogens with one attached hydrogen (secondary N) is 1. The molecule has 3 aromatic carbocycles. The average molecular weight is 409 g/mol. The van der Waals surface area contributed by atoms with Crippen LogP contribution in [0.1, 0.15) is 24.0 Å². The van der Waals surface area contributed by atoms with E-state index in [1.165, 1.54) is 0 Å². The van der Waals surface area contributed by atoms with Crippen LogP contribution in [0.25, 0.3) is 11.3 Å². The zero-order chi connectivity index (χ0) is 21.5. The molecule has 0 aliphatic carbocycles. The summed E-state index contributed by atoms with van der Waals surface area (Å²) in [6, 6.07) is 30.9. The van der Waals surface area contributed by atoms with E-state index in [0.29, 0.717) is 12.5 Å². The summed E-state index contributed by atoms with van der Waals surface area (Å²) < 4.78 is 5.33. The number of hydrogen-bond acceptors (Lipinski definition) is 4. The predicted molar refractivity (Wildman–Crippen MR) is 122 cm³/mol. The van der Waals surface area contributed by atoms with Gasteiger partial charge in [0.2, 0.25) is 11.8 Å². The van der Waals surface area contributed by atoms with Crippen LogP contribution in [-0.2, 0) is 4.79 Å². The molecule has 4 aromatic rings. The second kappa shape index (κ2) is 9.67. The van der Waals surface area contributed by atoms with Gasteiger partial charge in [-0.2, -0.15) is 0 Å². The summed E-state index contributed by atoms with van der Waals surface area (Å²) in [5.41, 5.74) is 4.29. The Kier molecular flexibility index (Phi) is 6.33. The van der Waals surface area contributed by atoms with Gasteiger partial charge in [-0.1, -0.05) is 72.8 Å². The molecule has 0 radical (unpaired) electrons. The number of benzene rings is 3. The molecule has 0 saturated carbocycles.